The molecule has 0 radical (unpaired) electrons. The first-order chi connectivity index (χ1) is 16.4. The third-order valence-electron chi connectivity index (χ3n) is 5.66. The molecule has 0 bridgehead atoms. The summed E-state index contributed by atoms with van der Waals surface area (Å²) in [6.07, 6.45) is 0.471. The van der Waals surface area contributed by atoms with Crippen molar-refractivity contribution in [3.63, 3.8) is 0 Å². The van der Waals surface area contributed by atoms with E-state index in [1.807, 2.05) is 91.9 Å². The number of aryl methyl sites for hydroxylation is 1. The Bertz CT molecular complexity index is 1050. The van der Waals surface area contributed by atoms with Crippen molar-refractivity contribution in [2.24, 2.45) is 5.92 Å². The second kappa shape index (κ2) is 13.0. The fourth-order valence-corrected chi connectivity index (χ4v) is 4.50. The number of benzene rings is 3. The summed E-state index contributed by atoms with van der Waals surface area (Å²) in [6, 6.07) is 27.3. The average Bonchev–Trinajstić information content (AvgIpc) is 2.85. The zero-order chi connectivity index (χ0) is 24.3. The van der Waals surface area contributed by atoms with E-state index < -0.39 is 6.04 Å². The second-order valence-electron chi connectivity index (χ2n) is 8.89. The maximum absolute atomic E-state index is 13.6. The van der Waals surface area contributed by atoms with Gasteiger partial charge in [-0.2, -0.15) is 0 Å². The molecule has 1 atom stereocenters. The number of carbonyl (C=O) groups is 2. The largest absolute Gasteiger partial charge is 0.354 e. The third kappa shape index (κ3) is 7.77. The van der Waals surface area contributed by atoms with Crippen LogP contribution in [0.25, 0.3) is 0 Å². The van der Waals surface area contributed by atoms with Gasteiger partial charge in [-0.15, -0.1) is 11.8 Å². The molecule has 0 aliphatic carbocycles. The number of rotatable bonds is 11. The first kappa shape index (κ1) is 25.6. The molecule has 5 heteroatoms. The van der Waals surface area contributed by atoms with E-state index in [0.717, 1.165) is 21.6 Å². The highest BCUT2D eigenvalue weighted by Gasteiger charge is 2.30. The molecule has 0 saturated carbocycles. The number of nitrogens with one attached hydrogen (secondary N) is 1. The summed E-state index contributed by atoms with van der Waals surface area (Å²) in [5.41, 5.74) is 3.19. The molecule has 2 amide bonds. The monoisotopic (exact) mass is 474 g/mol. The predicted octanol–water partition coefficient (Wildman–Crippen LogP) is 5.50. The molecule has 4 nitrogen and oxygen atoms in total. The fourth-order valence-electron chi connectivity index (χ4n) is 3.69. The van der Waals surface area contributed by atoms with Crippen LogP contribution in [-0.2, 0) is 22.6 Å². The van der Waals surface area contributed by atoms with Gasteiger partial charge in [0.2, 0.25) is 11.8 Å². The van der Waals surface area contributed by atoms with Crippen molar-refractivity contribution in [2.75, 3.05) is 12.3 Å². The summed E-state index contributed by atoms with van der Waals surface area (Å²) >= 11 is 1.50. The summed E-state index contributed by atoms with van der Waals surface area (Å²) < 4.78 is 0. The lowest BCUT2D eigenvalue weighted by molar-refractivity contribution is -0.139. The summed E-state index contributed by atoms with van der Waals surface area (Å²) in [5, 5.41) is 3.07. The standard InChI is InChI=1S/C29H34N2O2S/c1-22(2)19-30-29(33)27(18-24-13-6-4-7-14-24)31(20-25-15-11-10-12-23(25)3)28(32)21-34-26-16-8-5-9-17-26/h4-17,22,27H,18-21H2,1-3H3,(H,30,33)/t27-/m0/s1. The maximum Gasteiger partial charge on any atom is 0.243 e. The molecule has 0 fully saturated rings. The third-order valence-corrected chi connectivity index (χ3v) is 6.66. The van der Waals surface area contributed by atoms with Crippen LogP contribution in [0.3, 0.4) is 0 Å². The Morgan fingerprint density at radius 2 is 1.50 bits per heavy atom. The van der Waals surface area contributed by atoms with Crippen LogP contribution >= 0.6 is 11.8 Å². The highest BCUT2D eigenvalue weighted by atomic mass is 32.2. The minimum Gasteiger partial charge on any atom is -0.354 e. The number of hydrogen-bond donors (Lipinski definition) is 1. The molecule has 3 aromatic carbocycles. The van der Waals surface area contributed by atoms with Crippen molar-refractivity contribution in [1.82, 2.24) is 10.2 Å². The molecule has 0 aliphatic heterocycles. The second-order valence-corrected chi connectivity index (χ2v) is 9.94. The van der Waals surface area contributed by atoms with Crippen LogP contribution in [0.4, 0.5) is 0 Å². The zero-order valence-electron chi connectivity index (χ0n) is 20.2. The minimum atomic E-state index is -0.593. The Balaban J connectivity index is 1.90. The molecule has 3 rings (SSSR count). The summed E-state index contributed by atoms with van der Waals surface area (Å²) in [7, 11) is 0. The normalized spacial score (nSPS) is 11.8. The first-order valence-corrected chi connectivity index (χ1v) is 12.8. The van der Waals surface area contributed by atoms with Gasteiger partial charge in [-0.1, -0.05) is 86.6 Å². The van der Waals surface area contributed by atoms with Gasteiger partial charge in [0.15, 0.2) is 0 Å². The van der Waals surface area contributed by atoms with Crippen LogP contribution in [-0.4, -0.2) is 35.1 Å². The van der Waals surface area contributed by atoms with Gasteiger partial charge in [0, 0.05) is 24.4 Å². The lowest BCUT2D eigenvalue weighted by atomic mass is 10.0. The van der Waals surface area contributed by atoms with Crippen LogP contribution < -0.4 is 5.32 Å². The molecule has 0 aromatic heterocycles. The van der Waals surface area contributed by atoms with Gasteiger partial charge >= 0.3 is 0 Å². The highest BCUT2D eigenvalue weighted by molar-refractivity contribution is 8.00. The molecule has 34 heavy (non-hydrogen) atoms. The maximum atomic E-state index is 13.6. The molecular weight excluding hydrogens is 440 g/mol. The average molecular weight is 475 g/mol. The molecule has 3 aromatic rings. The lowest BCUT2D eigenvalue weighted by Crippen LogP contribution is -2.51. The molecule has 0 aliphatic rings. The fraction of sp³-hybridized carbons (Fsp3) is 0.310. The van der Waals surface area contributed by atoms with Crippen LogP contribution in [0, 0.1) is 12.8 Å². The SMILES string of the molecule is Cc1ccccc1CN(C(=O)CSc1ccccc1)[C@@H](Cc1ccccc1)C(=O)NCC(C)C. The van der Waals surface area contributed by atoms with Crippen molar-refractivity contribution in [3.05, 3.63) is 102 Å². The highest BCUT2D eigenvalue weighted by Crippen LogP contribution is 2.21. The number of nitrogens with zero attached hydrogens (tertiary/aromatic N) is 1. The van der Waals surface area contributed by atoms with Crippen LogP contribution in [0.15, 0.2) is 89.8 Å². The summed E-state index contributed by atoms with van der Waals surface area (Å²) in [6.45, 7) is 7.16. The van der Waals surface area contributed by atoms with Crippen molar-refractivity contribution < 1.29 is 9.59 Å². The van der Waals surface area contributed by atoms with Gasteiger partial charge in [-0.05, 0) is 41.7 Å². The van der Waals surface area contributed by atoms with E-state index in [1.54, 1.807) is 4.90 Å². The Hall–Kier alpha value is -3.05. The van der Waals surface area contributed by atoms with E-state index in [9.17, 15) is 9.59 Å². The molecule has 0 unspecified atom stereocenters. The van der Waals surface area contributed by atoms with E-state index >= 15 is 0 Å². The Morgan fingerprint density at radius 1 is 0.882 bits per heavy atom. The van der Waals surface area contributed by atoms with Crippen LogP contribution in [0.1, 0.15) is 30.5 Å². The van der Waals surface area contributed by atoms with Gasteiger partial charge in [-0.3, -0.25) is 9.59 Å². The molecule has 0 saturated heterocycles. The van der Waals surface area contributed by atoms with E-state index in [2.05, 4.69) is 19.2 Å². The Morgan fingerprint density at radius 3 is 2.15 bits per heavy atom. The smallest absolute Gasteiger partial charge is 0.243 e. The van der Waals surface area contributed by atoms with Crippen molar-refractivity contribution >= 4 is 23.6 Å². The number of hydrogen-bond acceptors (Lipinski definition) is 3. The quantitative estimate of drug-likeness (QED) is 0.373. The van der Waals surface area contributed by atoms with Gasteiger partial charge in [0.25, 0.3) is 0 Å². The topological polar surface area (TPSA) is 49.4 Å². The molecule has 0 spiro atoms. The summed E-state index contributed by atoms with van der Waals surface area (Å²) in [5.74, 6) is 0.455. The molecular formula is C29H34N2O2S. The lowest BCUT2D eigenvalue weighted by Gasteiger charge is -2.32. The van der Waals surface area contributed by atoms with Gasteiger partial charge in [-0.25, -0.2) is 0 Å². The van der Waals surface area contributed by atoms with Crippen LogP contribution in [0.2, 0.25) is 0 Å². The number of amides is 2. The molecule has 1 N–H and O–H groups in total. The minimum absolute atomic E-state index is 0.0438. The Labute approximate surface area is 207 Å². The van der Waals surface area contributed by atoms with Crippen LogP contribution in [0.5, 0.6) is 0 Å². The first-order valence-electron chi connectivity index (χ1n) is 11.8. The van der Waals surface area contributed by atoms with E-state index in [4.69, 9.17) is 0 Å². The molecule has 178 valence electrons. The van der Waals surface area contributed by atoms with E-state index in [1.165, 1.54) is 11.8 Å². The Kier molecular flexibility index (Phi) is 9.77. The summed E-state index contributed by atoms with van der Waals surface area (Å²) in [4.78, 5) is 29.9. The molecule has 0 heterocycles. The van der Waals surface area contributed by atoms with Gasteiger partial charge in [0.1, 0.15) is 6.04 Å². The van der Waals surface area contributed by atoms with Crippen molar-refractivity contribution in [3.8, 4) is 0 Å². The number of carbonyl (C=O) groups excluding carboxylic acids is 2. The van der Waals surface area contributed by atoms with Gasteiger partial charge < -0.3 is 10.2 Å². The van der Waals surface area contributed by atoms with Gasteiger partial charge in [0.05, 0.1) is 5.75 Å². The predicted molar refractivity (Wildman–Crippen MR) is 141 cm³/mol. The van der Waals surface area contributed by atoms with Crippen molar-refractivity contribution in [2.45, 2.75) is 44.7 Å². The number of thioether (sulfide) groups is 1. The zero-order valence-corrected chi connectivity index (χ0v) is 21.1. The van der Waals surface area contributed by atoms with E-state index in [0.29, 0.717) is 25.4 Å². The van der Waals surface area contributed by atoms with E-state index in [-0.39, 0.29) is 17.6 Å². The van der Waals surface area contributed by atoms with Crippen molar-refractivity contribution in [1.29, 1.82) is 0 Å².